The van der Waals surface area contributed by atoms with Gasteiger partial charge in [-0.25, -0.2) is 0 Å². The zero-order chi connectivity index (χ0) is 13.3. The van der Waals surface area contributed by atoms with Crippen LogP contribution in [0.5, 0.6) is 5.75 Å². The lowest BCUT2D eigenvalue weighted by molar-refractivity contribution is -0.0724. The molecule has 1 heterocycles. The maximum absolute atomic E-state index is 5.79. The molecule has 0 aromatic heterocycles. The molecular formula is C16H23NO2. The van der Waals surface area contributed by atoms with Crippen LogP contribution in [-0.4, -0.2) is 25.9 Å². The van der Waals surface area contributed by atoms with Crippen LogP contribution in [0, 0.1) is 5.92 Å². The molecule has 0 saturated heterocycles. The van der Waals surface area contributed by atoms with Gasteiger partial charge in [0.25, 0.3) is 0 Å². The minimum absolute atomic E-state index is 0.0764. The highest BCUT2D eigenvalue weighted by molar-refractivity contribution is 5.38. The molecule has 1 N–H and O–H groups in total. The van der Waals surface area contributed by atoms with Gasteiger partial charge in [0.05, 0.1) is 12.2 Å². The summed E-state index contributed by atoms with van der Waals surface area (Å²) in [7, 11) is 1.84. The van der Waals surface area contributed by atoms with Crippen molar-refractivity contribution in [2.45, 2.75) is 37.8 Å². The van der Waals surface area contributed by atoms with Crippen LogP contribution >= 0.6 is 0 Å². The Morgan fingerprint density at radius 2 is 2.16 bits per heavy atom. The third-order valence-electron chi connectivity index (χ3n) is 4.67. The van der Waals surface area contributed by atoms with E-state index in [4.69, 9.17) is 9.47 Å². The first kappa shape index (κ1) is 12.9. The molecule has 104 valence electrons. The van der Waals surface area contributed by atoms with E-state index in [9.17, 15) is 0 Å². The molecule has 1 aliphatic carbocycles. The SMILES string of the molecule is COC1(CNC2c3ccccc3OCC2C)CCC1. The van der Waals surface area contributed by atoms with Gasteiger partial charge in [-0.05, 0) is 25.3 Å². The summed E-state index contributed by atoms with van der Waals surface area (Å²) < 4.78 is 11.5. The van der Waals surface area contributed by atoms with Crippen LogP contribution in [0.4, 0.5) is 0 Å². The fourth-order valence-electron chi connectivity index (χ4n) is 3.12. The Morgan fingerprint density at radius 1 is 1.37 bits per heavy atom. The van der Waals surface area contributed by atoms with E-state index in [1.807, 2.05) is 13.2 Å². The number of nitrogens with one attached hydrogen (secondary N) is 1. The van der Waals surface area contributed by atoms with Crippen LogP contribution in [0.3, 0.4) is 0 Å². The molecule has 3 rings (SSSR count). The highest BCUT2D eigenvalue weighted by atomic mass is 16.5. The molecule has 1 saturated carbocycles. The number of fused-ring (bicyclic) bond motifs is 1. The molecule has 2 aliphatic rings. The van der Waals surface area contributed by atoms with Crippen molar-refractivity contribution in [1.29, 1.82) is 0 Å². The van der Waals surface area contributed by atoms with Crippen molar-refractivity contribution in [3.05, 3.63) is 29.8 Å². The molecule has 3 nitrogen and oxygen atoms in total. The predicted octanol–water partition coefficient (Wildman–Crippen LogP) is 2.91. The zero-order valence-electron chi connectivity index (χ0n) is 11.8. The molecule has 0 spiro atoms. The highest BCUT2D eigenvalue weighted by Crippen LogP contribution is 2.38. The summed E-state index contributed by atoms with van der Waals surface area (Å²) in [5.74, 6) is 1.52. The van der Waals surface area contributed by atoms with E-state index in [0.29, 0.717) is 12.0 Å². The first-order chi connectivity index (χ1) is 9.24. The Hall–Kier alpha value is -1.06. The molecular weight excluding hydrogens is 238 g/mol. The van der Waals surface area contributed by atoms with E-state index in [-0.39, 0.29) is 5.60 Å². The molecule has 1 aliphatic heterocycles. The van der Waals surface area contributed by atoms with Crippen molar-refractivity contribution in [1.82, 2.24) is 5.32 Å². The quantitative estimate of drug-likeness (QED) is 0.904. The van der Waals surface area contributed by atoms with Crippen LogP contribution in [0.25, 0.3) is 0 Å². The van der Waals surface area contributed by atoms with Gasteiger partial charge in [0, 0.05) is 31.2 Å². The average Bonchev–Trinajstić information content (AvgIpc) is 2.40. The van der Waals surface area contributed by atoms with Gasteiger partial charge in [0.2, 0.25) is 0 Å². The van der Waals surface area contributed by atoms with E-state index in [1.54, 1.807) is 0 Å². The third kappa shape index (κ3) is 2.37. The van der Waals surface area contributed by atoms with Crippen LogP contribution in [0.15, 0.2) is 24.3 Å². The van der Waals surface area contributed by atoms with Gasteiger partial charge in [-0.2, -0.15) is 0 Å². The maximum Gasteiger partial charge on any atom is 0.124 e. The number of hydrogen-bond donors (Lipinski definition) is 1. The second-order valence-electron chi connectivity index (χ2n) is 5.93. The lowest BCUT2D eigenvalue weighted by atomic mass is 9.79. The van der Waals surface area contributed by atoms with Crippen LogP contribution in [0.1, 0.15) is 37.8 Å². The molecule has 19 heavy (non-hydrogen) atoms. The standard InChI is InChI=1S/C16H23NO2/c1-12-10-19-14-7-4-3-6-13(14)15(12)17-11-16(18-2)8-5-9-16/h3-4,6-7,12,15,17H,5,8-11H2,1-2H3. The number of para-hydroxylation sites is 1. The Labute approximate surface area is 115 Å². The van der Waals surface area contributed by atoms with Crippen molar-refractivity contribution < 1.29 is 9.47 Å². The van der Waals surface area contributed by atoms with Gasteiger partial charge >= 0.3 is 0 Å². The van der Waals surface area contributed by atoms with Gasteiger partial charge in [-0.3, -0.25) is 0 Å². The number of benzene rings is 1. The summed E-state index contributed by atoms with van der Waals surface area (Å²) >= 11 is 0. The average molecular weight is 261 g/mol. The molecule has 0 radical (unpaired) electrons. The number of hydrogen-bond acceptors (Lipinski definition) is 3. The summed E-state index contributed by atoms with van der Waals surface area (Å²) in [6.45, 7) is 3.97. The molecule has 3 heteroatoms. The molecule has 2 unspecified atom stereocenters. The zero-order valence-corrected chi connectivity index (χ0v) is 11.8. The Balaban J connectivity index is 1.73. The van der Waals surface area contributed by atoms with Gasteiger partial charge < -0.3 is 14.8 Å². The largest absolute Gasteiger partial charge is 0.493 e. The lowest BCUT2D eigenvalue weighted by Gasteiger charge is -2.43. The fraction of sp³-hybridized carbons (Fsp3) is 0.625. The highest BCUT2D eigenvalue weighted by Gasteiger charge is 2.38. The Kier molecular flexibility index (Phi) is 3.50. The molecule has 0 bridgehead atoms. The summed E-state index contributed by atoms with van der Waals surface area (Å²) in [6, 6.07) is 8.73. The molecule has 1 aromatic carbocycles. The smallest absolute Gasteiger partial charge is 0.124 e. The van der Waals surface area contributed by atoms with E-state index >= 15 is 0 Å². The molecule has 1 fully saturated rings. The second-order valence-corrected chi connectivity index (χ2v) is 5.93. The third-order valence-corrected chi connectivity index (χ3v) is 4.67. The maximum atomic E-state index is 5.79. The van der Waals surface area contributed by atoms with Crippen molar-refractivity contribution >= 4 is 0 Å². The predicted molar refractivity (Wildman–Crippen MR) is 75.4 cm³/mol. The van der Waals surface area contributed by atoms with Crippen molar-refractivity contribution in [3.8, 4) is 5.75 Å². The second kappa shape index (κ2) is 5.14. The van der Waals surface area contributed by atoms with Gasteiger partial charge in [-0.1, -0.05) is 25.1 Å². The van der Waals surface area contributed by atoms with Gasteiger partial charge in [-0.15, -0.1) is 0 Å². The summed E-state index contributed by atoms with van der Waals surface area (Å²) in [5, 5.41) is 3.72. The van der Waals surface area contributed by atoms with E-state index in [0.717, 1.165) is 18.9 Å². The summed E-state index contributed by atoms with van der Waals surface area (Å²) in [5.41, 5.74) is 1.36. The lowest BCUT2D eigenvalue weighted by Crippen LogP contribution is -2.50. The Morgan fingerprint density at radius 3 is 2.84 bits per heavy atom. The van der Waals surface area contributed by atoms with Crippen LogP contribution in [0.2, 0.25) is 0 Å². The van der Waals surface area contributed by atoms with E-state index in [1.165, 1.54) is 24.8 Å². The van der Waals surface area contributed by atoms with Crippen LogP contribution in [-0.2, 0) is 4.74 Å². The van der Waals surface area contributed by atoms with E-state index < -0.39 is 0 Å². The van der Waals surface area contributed by atoms with Crippen molar-refractivity contribution in [3.63, 3.8) is 0 Å². The normalized spacial score (nSPS) is 28.1. The van der Waals surface area contributed by atoms with Gasteiger partial charge in [0.15, 0.2) is 0 Å². The fourth-order valence-corrected chi connectivity index (χ4v) is 3.12. The molecule has 0 amide bonds. The topological polar surface area (TPSA) is 30.5 Å². The van der Waals surface area contributed by atoms with Crippen molar-refractivity contribution in [2.75, 3.05) is 20.3 Å². The van der Waals surface area contributed by atoms with Gasteiger partial charge in [0.1, 0.15) is 5.75 Å². The molecule has 1 aromatic rings. The first-order valence-corrected chi connectivity index (χ1v) is 7.24. The summed E-state index contributed by atoms with van der Waals surface area (Å²) in [4.78, 5) is 0. The monoisotopic (exact) mass is 261 g/mol. The first-order valence-electron chi connectivity index (χ1n) is 7.24. The number of methoxy groups -OCH3 is 1. The van der Waals surface area contributed by atoms with E-state index in [2.05, 4.69) is 30.4 Å². The minimum Gasteiger partial charge on any atom is -0.493 e. The number of ether oxygens (including phenoxy) is 2. The van der Waals surface area contributed by atoms with Crippen molar-refractivity contribution in [2.24, 2.45) is 5.92 Å². The van der Waals surface area contributed by atoms with Crippen LogP contribution < -0.4 is 10.1 Å². The Bertz CT molecular complexity index is 437. The number of rotatable bonds is 4. The summed E-state index contributed by atoms with van der Waals surface area (Å²) in [6.07, 6.45) is 3.64. The minimum atomic E-state index is 0.0764. The molecule has 2 atom stereocenters.